The van der Waals surface area contributed by atoms with Crippen LogP contribution in [0.5, 0.6) is 5.75 Å². The van der Waals surface area contributed by atoms with Crippen LogP contribution in [0.4, 0.5) is 5.69 Å². The third-order valence-corrected chi connectivity index (χ3v) is 2.59. The van der Waals surface area contributed by atoms with Crippen molar-refractivity contribution in [2.45, 2.75) is 33.0 Å². The van der Waals surface area contributed by atoms with Crippen molar-refractivity contribution in [2.75, 3.05) is 18.0 Å². The summed E-state index contributed by atoms with van der Waals surface area (Å²) in [6.07, 6.45) is -0.981. The van der Waals surface area contributed by atoms with Gasteiger partial charge in [-0.15, -0.1) is 0 Å². The van der Waals surface area contributed by atoms with Crippen LogP contribution in [0.2, 0.25) is 0 Å². The highest BCUT2D eigenvalue weighted by Gasteiger charge is 2.15. The summed E-state index contributed by atoms with van der Waals surface area (Å²) in [4.78, 5) is 1.88. The first-order chi connectivity index (χ1) is 7.91. The van der Waals surface area contributed by atoms with E-state index in [1.165, 1.54) is 0 Å². The summed E-state index contributed by atoms with van der Waals surface area (Å²) < 4.78 is 0. The first-order valence-corrected chi connectivity index (χ1v) is 5.81. The highest BCUT2D eigenvalue weighted by molar-refractivity contribution is 5.58. The van der Waals surface area contributed by atoms with E-state index in [-0.39, 0.29) is 5.75 Å². The van der Waals surface area contributed by atoms with E-state index in [9.17, 15) is 15.3 Å². The molecule has 4 heteroatoms. The lowest BCUT2D eigenvalue weighted by molar-refractivity contribution is 0.178. The summed E-state index contributed by atoms with van der Waals surface area (Å²) in [7, 11) is 0. The Bertz CT molecular complexity index is 354. The van der Waals surface area contributed by atoms with Crippen molar-refractivity contribution in [3.05, 3.63) is 23.8 Å². The number of phenolic OH excluding ortho intramolecular Hbond substituents is 1. The Morgan fingerprint density at radius 3 is 2.12 bits per heavy atom. The second-order valence-electron chi connectivity index (χ2n) is 4.52. The molecule has 1 aromatic carbocycles. The highest BCUT2D eigenvalue weighted by Crippen LogP contribution is 2.27. The minimum Gasteiger partial charge on any atom is -0.508 e. The van der Waals surface area contributed by atoms with Crippen molar-refractivity contribution in [1.29, 1.82) is 0 Å². The molecule has 0 saturated carbocycles. The Morgan fingerprint density at radius 1 is 1.12 bits per heavy atom. The van der Waals surface area contributed by atoms with Gasteiger partial charge in [-0.25, -0.2) is 0 Å². The lowest BCUT2D eigenvalue weighted by atomic mass is 10.1. The van der Waals surface area contributed by atoms with Gasteiger partial charge in [0.05, 0.1) is 12.2 Å². The Labute approximate surface area is 102 Å². The minimum absolute atomic E-state index is 0.226. The van der Waals surface area contributed by atoms with E-state index < -0.39 is 12.2 Å². The second kappa shape index (κ2) is 5.89. The highest BCUT2D eigenvalue weighted by atomic mass is 16.3. The second-order valence-corrected chi connectivity index (χ2v) is 4.52. The summed E-state index contributed by atoms with van der Waals surface area (Å²) in [5, 5.41) is 28.6. The van der Waals surface area contributed by atoms with Gasteiger partial charge in [0.25, 0.3) is 0 Å². The summed E-state index contributed by atoms with van der Waals surface area (Å²) in [5.74, 6) is 0.226. The molecule has 0 spiro atoms. The molecular formula is C13H21NO3. The van der Waals surface area contributed by atoms with E-state index in [4.69, 9.17) is 0 Å². The molecule has 2 unspecified atom stereocenters. The predicted octanol–water partition coefficient (Wildman–Crippen LogP) is 1.27. The largest absolute Gasteiger partial charge is 0.508 e. The molecule has 0 saturated heterocycles. The summed E-state index contributed by atoms with van der Waals surface area (Å²) in [5.41, 5.74) is 1.60. The van der Waals surface area contributed by atoms with E-state index >= 15 is 0 Å². The Kier molecular flexibility index (Phi) is 4.78. The zero-order valence-corrected chi connectivity index (χ0v) is 10.6. The molecule has 4 nitrogen and oxygen atoms in total. The number of hydrogen-bond acceptors (Lipinski definition) is 4. The van der Waals surface area contributed by atoms with E-state index in [0.717, 1.165) is 11.3 Å². The van der Waals surface area contributed by atoms with Gasteiger partial charge in [-0.2, -0.15) is 0 Å². The van der Waals surface area contributed by atoms with E-state index in [0.29, 0.717) is 13.1 Å². The molecule has 0 aliphatic carbocycles. The summed E-state index contributed by atoms with van der Waals surface area (Å²) >= 11 is 0. The SMILES string of the molecule is Cc1c(O)cccc1N(CC(C)O)CC(C)O. The monoisotopic (exact) mass is 239 g/mol. The maximum Gasteiger partial charge on any atom is 0.120 e. The van der Waals surface area contributed by atoms with Crippen molar-refractivity contribution >= 4 is 5.69 Å². The summed E-state index contributed by atoms with van der Waals surface area (Å²) in [6, 6.07) is 5.26. The fourth-order valence-corrected chi connectivity index (χ4v) is 1.86. The summed E-state index contributed by atoms with van der Waals surface area (Å²) in [6.45, 7) is 6.08. The number of hydrogen-bond donors (Lipinski definition) is 3. The lowest BCUT2D eigenvalue weighted by Gasteiger charge is -2.29. The molecule has 2 atom stereocenters. The zero-order chi connectivity index (χ0) is 13.0. The van der Waals surface area contributed by atoms with Crippen LogP contribution in [0.1, 0.15) is 19.4 Å². The standard InChI is InChI=1S/C13H21NO3/c1-9(15)7-14(8-10(2)16)12-5-4-6-13(17)11(12)3/h4-6,9-10,15-17H,7-8H2,1-3H3. The van der Waals surface area contributed by atoms with Gasteiger partial charge in [0, 0.05) is 24.3 Å². The van der Waals surface area contributed by atoms with Crippen molar-refractivity contribution in [1.82, 2.24) is 0 Å². The molecule has 1 aromatic rings. The first-order valence-electron chi connectivity index (χ1n) is 5.81. The molecule has 1 rings (SSSR count). The van der Waals surface area contributed by atoms with Crippen LogP contribution in [0.3, 0.4) is 0 Å². The van der Waals surface area contributed by atoms with Crippen molar-refractivity contribution < 1.29 is 15.3 Å². The van der Waals surface area contributed by atoms with Crippen LogP contribution >= 0.6 is 0 Å². The maximum absolute atomic E-state index is 9.67. The smallest absolute Gasteiger partial charge is 0.120 e. The molecule has 96 valence electrons. The van der Waals surface area contributed by atoms with Crippen LogP contribution in [-0.2, 0) is 0 Å². The average molecular weight is 239 g/mol. The quantitative estimate of drug-likeness (QED) is 0.724. The number of anilines is 1. The molecule has 3 N–H and O–H groups in total. The van der Waals surface area contributed by atoms with Gasteiger partial charge >= 0.3 is 0 Å². The van der Waals surface area contributed by atoms with Gasteiger partial charge in [-0.05, 0) is 32.9 Å². The molecule has 0 radical (unpaired) electrons. The fourth-order valence-electron chi connectivity index (χ4n) is 1.86. The average Bonchev–Trinajstić information content (AvgIpc) is 2.19. The van der Waals surface area contributed by atoms with Crippen LogP contribution < -0.4 is 4.90 Å². The molecule has 17 heavy (non-hydrogen) atoms. The fraction of sp³-hybridized carbons (Fsp3) is 0.538. The predicted molar refractivity (Wildman–Crippen MR) is 68.4 cm³/mol. The minimum atomic E-state index is -0.490. The Morgan fingerprint density at radius 2 is 1.65 bits per heavy atom. The van der Waals surface area contributed by atoms with E-state index in [1.54, 1.807) is 26.0 Å². The van der Waals surface area contributed by atoms with Crippen molar-refractivity contribution in [3.8, 4) is 5.75 Å². The van der Waals surface area contributed by atoms with Crippen LogP contribution in [-0.4, -0.2) is 40.6 Å². The van der Waals surface area contributed by atoms with Gasteiger partial charge < -0.3 is 20.2 Å². The van der Waals surface area contributed by atoms with Crippen molar-refractivity contribution in [3.63, 3.8) is 0 Å². The lowest BCUT2D eigenvalue weighted by Crippen LogP contribution is -2.36. The first kappa shape index (κ1) is 13.8. The molecule has 0 fully saturated rings. The normalized spacial score (nSPS) is 14.4. The van der Waals surface area contributed by atoms with E-state index in [2.05, 4.69) is 0 Å². The van der Waals surface area contributed by atoms with Crippen LogP contribution in [0, 0.1) is 6.92 Å². The van der Waals surface area contributed by atoms with Crippen LogP contribution in [0.15, 0.2) is 18.2 Å². The third-order valence-electron chi connectivity index (χ3n) is 2.59. The molecular weight excluding hydrogens is 218 g/mol. The topological polar surface area (TPSA) is 63.9 Å². The molecule has 0 aliphatic rings. The van der Waals surface area contributed by atoms with Gasteiger partial charge in [0.15, 0.2) is 0 Å². The molecule has 0 heterocycles. The number of rotatable bonds is 5. The number of aliphatic hydroxyl groups is 2. The van der Waals surface area contributed by atoms with Gasteiger partial charge in [0.2, 0.25) is 0 Å². The Balaban J connectivity index is 2.99. The van der Waals surface area contributed by atoms with Gasteiger partial charge in [-0.3, -0.25) is 0 Å². The number of benzene rings is 1. The molecule has 0 aromatic heterocycles. The number of aliphatic hydroxyl groups excluding tert-OH is 2. The Hall–Kier alpha value is -1.26. The van der Waals surface area contributed by atoms with Gasteiger partial charge in [0.1, 0.15) is 5.75 Å². The maximum atomic E-state index is 9.67. The zero-order valence-electron chi connectivity index (χ0n) is 10.6. The number of aromatic hydroxyl groups is 1. The molecule has 0 bridgehead atoms. The van der Waals surface area contributed by atoms with Crippen molar-refractivity contribution in [2.24, 2.45) is 0 Å². The molecule has 0 amide bonds. The molecule has 0 aliphatic heterocycles. The third kappa shape index (κ3) is 3.91. The van der Waals surface area contributed by atoms with Gasteiger partial charge in [-0.1, -0.05) is 6.07 Å². The number of phenols is 1. The number of nitrogens with zero attached hydrogens (tertiary/aromatic N) is 1. The van der Waals surface area contributed by atoms with E-state index in [1.807, 2.05) is 17.9 Å². The van der Waals surface area contributed by atoms with Crippen LogP contribution in [0.25, 0.3) is 0 Å².